The normalized spacial score (nSPS) is 12.7. The largest absolute Gasteiger partial charge is 0.462 e. The Balaban J connectivity index is 4.48. The second-order valence-corrected chi connectivity index (χ2v) is 17.1. The SMILES string of the molecule is CC/C=C\C/C=C\CCCCCCCCCC(=O)OC(COC(=O)CC/C=C\C/C=C\CCCCCCCC)COC(=O)CCCCCCC\C=C/C=C\C=C/CCCCCCC. The Hall–Kier alpha value is -3.41. The van der Waals surface area contributed by atoms with Crippen LogP contribution in [0.4, 0.5) is 0 Å². The molecule has 0 N–H and O–H groups in total. The fraction of sp³-hybridized carbons (Fsp3) is 0.702. The monoisotopic (exact) mass is 877 g/mol. The van der Waals surface area contributed by atoms with Crippen LogP contribution in [-0.2, 0) is 28.6 Å². The van der Waals surface area contributed by atoms with Gasteiger partial charge in [0.25, 0.3) is 0 Å². The molecule has 0 aromatic carbocycles. The van der Waals surface area contributed by atoms with Gasteiger partial charge in [-0.2, -0.15) is 0 Å². The zero-order chi connectivity index (χ0) is 45.8. The molecule has 0 aliphatic carbocycles. The maximum atomic E-state index is 12.8. The highest BCUT2D eigenvalue weighted by Crippen LogP contribution is 2.13. The quantitative estimate of drug-likeness (QED) is 0.0199. The molecule has 0 saturated carbocycles. The number of allylic oxidation sites excluding steroid dienone is 14. The third-order valence-corrected chi connectivity index (χ3v) is 10.9. The second-order valence-electron chi connectivity index (χ2n) is 17.1. The first-order valence-electron chi connectivity index (χ1n) is 26.1. The van der Waals surface area contributed by atoms with Crippen molar-refractivity contribution in [3.63, 3.8) is 0 Å². The lowest BCUT2D eigenvalue weighted by atomic mass is 10.1. The number of rotatable bonds is 46. The van der Waals surface area contributed by atoms with Gasteiger partial charge in [-0.15, -0.1) is 0 Å². The van der Waals surface area contributed by atoms with Gasteiger partial charge in [-0.25, -0.2) is 0 Å². The molecule has 6 heteroatoms. The summed E-state index contributed by atoms with van der Waals surface area (Å²) >= 11 is 0. The molecule has 1 unspecified atom stereocenters. The molecule has 0 aliphatic rings. The predicted molar refractivity (Wildman–Crippen MR) is 270 cm³/mol. The summed E-state index contributed by atoms with van der Waals surface area (Å²) < 4.78 is 16.7. The Morgan fingerprint density at radius 2 is 0.714 bits per heavy atom. The van der Waals surface area contributed by atoms with Crippen LogP contribution in [0.2, 0.25) is 0 Å². The van der Waals surface area contributed by atoms with Crippen LogP contribution in [0.3, 0.4) is 0 Å². The van der Waals surface area contributed by atoms with E-state index in [1.54, 1.807) is 0 Å². The van der Waals surface area contributed by atoms with Crippen molar-refractivity contribution < 1.29 is 28.6 Å². The first kappa shape index (κ1) is 59.6. The highest BCUT2D eigenvalue weighted by molar-refractivity contribution is 5.71. The minimum atomic E-state index is -0.811. The molecular weight excluding hydrogens is 781 g/mol. The van der Waals surface area contributed by atoms with Crippen LogP contribution in [0.1, 0.15) is 239 Å². The molecule has 0 radical (unpaired) electrons. The van der Waals surface area contributed by atoms with Crippen molar-refractivity contribution in [2.45, 2.75) is 245 Å². The van der Waals surface area contributed by atoms with Crippen LogP contribution in [0.25, 0.3) is 0 Å². The third-order valence-electron chi connectivity index (χ3n) is 10.9. The van der Waals surface area contributed by atoms with Gasteiger partial charge in [0, 0.05) is 19.3 Å². The Bertz CT molecular complexity index is 1240. The number of hydrogen-bond acceptors (Lipinski definition) is 6. The highest BCUT2D eigenvalue weighted by Gasteiger charge is 2.19. The molecule has 1 atom stereocenters. The standard InChI is InChI=1S/C57H96O6/c1-4-7-10-13-16-19-22-25-27-28-29-30-33-35-38-41-44-47-50-56(59)62-53-54(52-61-55(58)49-46-43-40-37-34-31-24-21-18-15-12-9-6-3)63-57(60)51-48-45-42-39-36-32-26-23-20-17-14-11-8-5-2/h8,11,17,20,22,25,27-31,34,40,43,54H,4-7,9-10,12-16,18-19,21,23-24,26,32-33,35-39,41-42,44-53H2,1-3H3/b11-8-,20-17-,25-22-,28-27-,30-29-,34-31-,43-40-. The maximum Gasteiger partial charge on any atom is 0.306 e. The van der Waals surface area contributed by atoms with Crippen molar-refractivity contribution in [2.24, 2.45) is 0 Å². The molecule has 360 valence electrons. The van der Waals surface area contributed by atoms with Gasteiger partial charge < -0.3 is 14.2 Å². The van der Waals surface area contributed by atoms with Gasteiger partial charge in [0.1, 0.15) is 13.2 Å². The molecule has 6 nitrogen and oxygen atoms in total. The zero-order valence-electron chi connectivity index (χ0n) is 41.1. The van der Waals surface area contributed by atoms with Gasteiger partial charge in [0.15, 0.2) is 6.10 Å². The summed E-state index contributed by atoms with van der Waals surface area (Å²) in [6, 6.07) is 0. The highest BCUT2D eigenvalue weighted by atomic mass is 16.6. The van der Waals surface area contributed by atoms with Crippen molar-refractivity contribution >= 4 is 17.9 Å². The summed E-state index contributed by atoms with van der Waals surface area (Å²) in [4.78, 5) is 37.9. The van der Waals surface area contributed by atoms with Crippen LogP contribution >= 0.6 is 0 Å². The van der Waals surface area contributed by atoms with Crippen molar-refractivity contribution in [3.05, 3.63) is 85.1 Å². The summed E-state index contributed by atoms with van der Waals surface area (Å²) in [7, 11) is 0. The van der Waals surface area contributed by atoms with E-state index in [2.05, 4.69) is 99.8 Å². The van der Waals surface area contributed by atoms with Crippen molar-refractivity contribution in [1.82, 2.24) is 0 Å². The molecule has 0 rings (SSSR count). The van der Waals surface area contributed by atoms with Crippen LogP contribution in [0, 0.1) is 0 Å². The van der Waals surface area contributed by atoms with E-state index in [1.165, 1.54) is 96.3 Å². The molecule has 63 heavy (non-hydrogen) atoms. The van der Waals surface area contributed by atoms with E-state index in [0.29, 0.717) is 19.3 Å². The fourth-order valence-electron chi connectivity index (χ4n) is 7.00. The zero-order valence-corrected chi connectivity index (χ0v) is 41.1. The molecule has 0 fully saturated rings. The fourth-order valence-corrected chi connectivity index (χ4v) is 7.00. The first-order chi connectivity index (χ1) is 31.0. The minimum absolute atomic E-state index is 0.108. The molecule has 0 aromatic rings. The van der Waals surface area contributed by atoms with Gasteiger partial charge in [-0.05, 0) is 89.9 Å². The average molecular weight is 877 g/mol. The van der Waals surface area contributed by atoms with Crippen molar-refractivity contribution in [2.75, 3.05) is 13.2 Å². The Morgan fingerprint density at radius 3 is 1.17 bits per heavy atom. The molecule has 0 saturated heterocycles. The second kappa shape index (κ2) is 51.2. The van der Waals surface area contributed by atoms with Gasteiger partial charge in [-0.1, -0.05) is 215 Å². The van der Waals surface area contributed by atoms with Gasteiger partial charge in [0.2, 0.25) is 0 Å². The minimum Gasteiger partial charge on any atom is -0.462 e. The number of hydrogen-bond donors (Lipinski definition) is 0. The van der Waals surface area contributed by atoms with Crippen molar-refractivity contribution in [1.29, 1.82) is 0 Å². The maximum absolute atomic E-state index is 12.8. The number of carbonyl (C=O) groups is 3. The summed E-state index contributed by atoms with van der Waals surface area (Å²) in [5.74, 6) is -1.01. The first-order valence-corrected chi connectivity index (χ1v) is 26.1. The van der Waals surface area contributed by atoms with E-state index in [0.717, 1.165) is 96.3 Å². The molecular formula is C57H96O6. The Labute approximate surface area is 388 Å². The van der Waals surface area contributed by atoms with Gasteiger partial charge in [0.05, 0.1) is 0 Å². The van der Waals surface area contributed by atoms with Crippen LogP contribution < -0.4 is 0 Å². The van der Waals surface area contributed by atoms with Gasteiger partial charge >= 0.3 is 17.9 Å². The third kappa shape index (κ3) is 49.5. The van der Waals surface area contributed by atoms with E-state index >= 15 is 0 Å². The van der Waals surface area contributed by atoms with E-state index < -0.39 is 6.10 Å². The van der Waals surface area contributed by atoms with Crippen LogP contribution in [0.15, 0.2) is 85.1 Å². The van der Waals surface area contributed by atoms with E-state index in [4.69, 9.17) is 14.2 Å². The van der Waals surface area contributed by atoms with Gasteiger partial charge in [-0.3, -0.25) is 14.4 Å². The summed E-state index contributed by atoms with van der Waals surface area (Å²) in [6.07, 6.45) is 65.8. The smallest absolute Gasteiger partial charge is 0.306 e. The predicted octanol–water partition coefficient (Wildman–Crippen LogP) is 17.2. The molecule has 0 heterocycles. The average Bonchev–Trinajstić information content (AvgIpc) is 3.28. The summed E-state index contributed by atoms with van der Waals surface area (Å²) in [5.41, 5.74) is 0. The molecule has 0 aliphatic heterocycles. The van der Waals surface area contributed by atoms with E-state index in [-0.39, 0.29) is 37.5 Å². The lowest BCUT2D eigenvalue weighted by molar-refractivity contribution is -0.166. The number of carbonyl (C=O) groups excluding carboxylic acids is 3. The molecule has 0 amide bonds. The van der Waals surface area contributed by atoms with Crippen molar-refractivity contribution in [3.8, 4) is 0 Å². The molecule has 0 bridgehead atoms. The molecule has 0 spiro atoms. The molecule has 0 aromatic heterocycles. The summed E-state index contributed by atoms with van der Waals surface area (Å²) in [5, 5.41) is 0. The number of esters is 3. The van der Waals surface area contributed by atoms with E-state index in [1.807, 2.05) is 6.08 Å². The Morgan fingerprint density at radius 1 is 0.349 bits per heavy atom. The lowest BCUT2D eigenvalue weighted by Gasteiger charge is -2.18. The van der Waals surface area contributed by atoms with Crippen LogP contribution in [-0.4, -0.2) is 37.2 Å². The number of unbranched alkanes of at least 4 members (excludes halogenated alkanes) is 23. The lowest BCUT2D eigenvalue weighted by Crippen LogP contribution is -2.30. The summed E-state index contributed by atoms with van der Waals surface area (Å²) in [6.45, 7) is 6.43. The van der Waals surface area contributed by atoms with E-state index in [9.17, 15) is 14.4 Å². The topological polar surface area (TPSA) is 78.9 Å². The Kier molecular flexibility index (Phi) is 48.5. The van der Waals surface area contributed by atoms with Crippen LogP contribution in [0.5, 0.6) is 0 Å². The number of ether oxygens (including phenoxy) is 3.